The summed E-state index contributed by atoms with van der Waals surface area (Å²) in [6, 6.07) is 0. The van der Waals surface area contributed by atoms with Gasteiger partial charge in [0.1, 0.15) is 6.54 Å². The molecule has 0 aromatic rings. The third kappa shape index (κ3) is 7.77. The molecule has 92 valence electrons. The monoisotopic (exact) mass is 217 g/mol. The third-order valence-electron chi connectivity index (χ3n) is 2.74. The standard InChI is InChI=1S/C12H29N2O/c1-5-7-8-9-12(13,15)11-14(3,4)10-6-2/h15H,5-11,13H2,1-4H3/q+1. The largest absolute Gasteiger partial charge is 0.370 e. The Morgan fingerprint density at radius 1 is 1.13 bits per heavy atom. The smallest absolute Gasteiger partial charge is 0.163 e. The van der Waals surface area contributed by atoms with Crippen LogP contribution in [0.25, 0.3) is 0 Å². The van der Waals surface area contributed by atoms with E-state index in [0.717, 1.165) is 30.3 Å². The molecule has 0 amide bonds. The van der Waals surface area contributed by atoms with Gasteiger partial charge in [0.15, 0.2) is 5.72 Å². The lowest BCUT2D eigenvalue weighted by Gasteiger charge is -2.36. The van der Waals surface area contributed by atoms with E-state index in [0.29, 0.717) is 13.0 Å². The number of rotatable bonds is 8. The number of nitrogens with two attached hydrogens (primary N) is 1. The highest BCUT2D eigenvalue weighted by Crippen LogP contribution is 2.14. The molecule has 3 nitrogen and oxygen atoms in total. The minimum atomic E-state index is -0.992. The summed E-state index contributed by atoms with van der Waals surface area (Å²) in [5, 5.41) is 10.1. The number of hydrogen-bond acceptors (Lipinski definition) is 2. The predicted octanol–water partition coefficient (Wildman–Crippen LogP) is 1.70. The quantitative estimate of drug-likeness (QED) is 0.369. The molecule has 0 heterocycles. The molecule has 0 fully saturated rings. The van der Waals surface area contributed by atoms with Gasteiger partial charge in [-0.2, -0.15) is 0 Å². The van der Waals surface area contributed by atoms with E-state index in [1.165, 1.54) is 6.42 Å². The van der Waals surface area contributed by atoms with E-state index >= 15 is 0 Å². The van der Waals surface area contributed by atoms with Crippen LogP contribution in [-0.4, -0.2) is 42.5 Å². The Balaban J connectivity index is 3.99. The Kier molecular flexibility index (Phi) is 6.41. The number of likely N-dealkylation sites (N-methyl/N-ethyl adjacent to an activating group) is 1. The molecular weight excluding hydrogens is 188 g/mol. The topological polar surface area (TPSA) is 46.2 Å². The van der Waals surface area contributed by atoms with Gasteiger partial charge in [0.05, 0.1) is 20.6 Å². The average molecular weight is 217 g/mol. The SMILES string of the molecule is CCCCCC(N)(O)C[N+](C)(C)CCC. The van der Waals surface area contributed by atoms with E-state index in [2.05, 4.69) is 27.9 Å². The second-order valence-electron chi connectivity index (χ2n) is 5.38. The van der Waals surface area contributed by atoms with Gasteiger partial charge >= 0.3 is 0 Å². The molecule has 0 aromatic carbocycles. The van der Waals surface area contributed by atoms with Gasteiger partial charge in [0, 0.05) is 0 Å². The third-order valence-corrected chi connectivity index (χ3v) is 2.74. The van der Waals surface area contributed by atoms with Crippen LogP contribution < -0.4 is 5.73 Å². The van der Waals surface area contributed by atoms with Gasteiger partial charge in [-0.3, -0.25) is 5.73 Å². The van der Waals surface area contributed by atoms with E-state index in [-0.39, 0.29) is 0 Å². The first-order valence-corrected chi connectivity index (χ1v) is 6.16. The summed E-state index contributed by atoms with van der Waals surface area (Å²) < 4.78 is 0.801. The van der Waals surface area contributed by atoms with Crippen LogP contribution in [0.5, 0.6) is 0 Å². The van der Waals surface area contributed by atoms with Crippen LogP contribution in [0.1, 0.15) is 46.0 Å². The summed E-state index contributed by atoms with van der Waals surface area (Å²) in [5.74, 6) is 0. The lowest BCUT2D eigenvalue weighted by molar-refractivity contribution is -0.896. The van der Waals surface area contributed by atoms with Crippen molar-refractivity contribution in [2.45, 2.75) is 51.7 Å². The molecule has 0 saturated heterocycles. The van der Waals surface area contributed by atoms with Gasteiger partial charge in [-0.25, -0.2) is 0 Å². The van der Waals surface area contributed by atoms with E-state index in [4.69, 9.17) is 5.73 Å². The molecule has 0 aliphatic carbocycles. The molecule has 0 aromatic heterocycles. The van der Waals surface area contributed by atoms with Crippen molar-refractivity contribution in [2.24, 2.45) is 5.73 Å². The fourth-order valence-electron chi connectivity index (χ4n) is 2.19. The summed E-state index contributed by atoms with van der Waals surface area (Å²) in [6.07, 6.45) is 5.18. The van der Waals surface area contributed by atoms with Crippen molar-refractivity contribution < 1.29 is 9.59 Å². The van der Waals surface area contributed by atoms with E-state index in [1.807, 2.05) is 0 Å². The molecule has 1 atom stereocenters. The first kappa shape index (κ1) is 14.9. The van der Waals surface area contributed by atoms with Crippen LogP contribution in [-0.2, 0) is 0 Å². The van der Waals surface area contributed by atoms with Gasteiger partial charge in [-0.15, -0.1) is 0 Å². The van der Waals surface area contributed by atoms with Gasteiger partial charge < -0.3 is 9.59 Å². The van der Waals surface area contributed by atoms with Crippen molar-refractivity contribution in [1.82, 2.24) is 0 Å². The number of nitrogens with zero attached hydrogens (tertiary/aromatic N) is 1. The minimum absolute atomic E-state index is 0.643. The number of aliphatic hydroxyl groups is 1. The molecule has 3 N–H and O–H groups in total. The van der Waals surface area contributed by atoms with Crippen LogP contribution in [0.2, 0.25) is 0 Å². The van der Waals surface area contributed by atoms with Crippen LogP contribution in [0.15, 0.2) is 0 Å². The fraction of sp³-hybridized carbons (Fsp3) is 1.00. The van der Waals surface area contributed by atoms with Gasteiger partial charge in [0.2, 0.25) is 0 Å². The first-order valence-electron chi connectivity index (χ1n) is 6.16. The molecule has 15 heavy (non-hydrogen) atoms. The summed E-state index contributed by atoms with van der Waals surface area (Å²) in [4.78, 5) is 0. The number of hydrogen-bond donors (Lipinski definition) is 2. The summed E-state index contributed by atoms with van der Waals surface area (Å²) in [7, 11) is 4.25. The molecular formula is C12H29N2O+. The zero-order valence-corrected chi connectivity index (χ0v) is 10.9. The Bertz CT molecular complexity index is 167. The highest BCUT2D eigenvalue weighted by molar-refractivity contribution is 4.69. The lowest BCUT2D eigenvalue weighted by atomic mass is 10.0. The molecule has 0 radical (unpaired) electrons. The van der Waals surface area contributed by atoms with Gasteiger partial charge in [0.25, 0.3) is 0 Å². The molecule has 0 aliphatic rings. The molecule has 1 unspecified atom stereocenters. The molecule has 3 heteroatoms. The zero-order chi connectivity index (χ0) is 11.9. The Morgan fingerprint density at radius 2 is 1.73 bits per heavy atom. The molecule has 0 bridgehead atoms. The van der Waals surface area contributed by atoms with Crippen molar-refractivity contribution in [3.8, 4) is 0 Å². The van der Waals surface area contributed by atoms with Crippen LogP contribution in [0, 0.1) is 0 Å². The fourth-order valence-corrected chi connectivity index (χ4v) is 2.19. The van der Waals surface area contributed by atoms with E-state index in [1.54, 1.807) is 0 Å². The average Bonchev–Trinajstić information content (AvgIpc) is 2.01. The van der Waals surface area contributed by atoms with Crippen molar-refractivity contribution in [1.29, 1.82) is 0 Å². The maximum Gasteiger partial charge on any atom is 0.163 e. The van der Waals surface area contributed by atoms with Crippen LogP contribution in [0.3, 0.4) is 0 Å². The molecule has 0 rings (SSSR count). The predicted molar refractivity (Wildman–Crippen MR) is 65.4 cm³/mol. The molecule has 0 spiro atoms. The normalized spacial score (nSPS) is 16.4. The summed E-state index contributed by atoms with van der Waals surface area (Å²) in [6.45, 7) is 6.02. The van der Waals surface area contributed by atoms with Crippen molar-refractivity contribution in [3.05, 3.63) is 0 Å². The zero-order valence-electron chi connectivity index (χ0n) is 10.9. The van der Waals surface area contributed by atoms with E-state index in [9.17, 15) is 5.11 Å². The van der Waals surface area contributed by atoms with Crippen LogP contribution in [0.4, 0.5) is 0 Å². The first-order chi connectivity index (χ1) is 6.83. The lowest BCUT2D eigenvalue weighted by Crippen LogP contribution is -2.56. The summed E-state index contributed by atoms with van der Waals surface area (Å²) in [5.41, 5.74) is 4.92. The number of unbranched alkanes of at least 4 members (excludes halogenated alkanes) is 2. The van der Waals surface area contributed by atoms with Crippen molar-refractivity contribution in [2.75, 3.05) is 27.2 Å². The Hall–Kier alpha value is -0.120. The van der Waals surface area contributed by atoms with E-state index < -0.39 is 5.72 Å². The minimum Gasteiger partial charge on any atom is -0.370 e. The summed E-state index contributed by atoms with van der Waals surface area (Å²) >= 11 is 0. The second kappa shape index (κ2) is 6.46. The highest BCUT2D eigenvalue weighted by Gasteiger charge is 2.30. The van der Waals surface area contributed by atoms with Crippen LogP contribution >= 0.6 is 0 Å². The van der Waals surface area contributed by atoms with Crippen molar-refractivity contribution >= 4 is 0 Å². The van der Waals surface area contributed by atoms with Gasteiger partial charge in [-0.1, -0.05) is 26.7 Å². The maximum absolute atomic E-state index is 10.1. The van der Waals surface area contributed by atoms with Crippen molar-refractivity contribution in [3.63, 3.8) is 0 Å². The maximum atomic E-state index is 10.1. The molecule has 0 aliphatic heterocycles. The molecule has 0 saturated carbocycles. The Morgan fingerprint density at radius 3 is 2.20 bits per heavy atom. The second-order valence-corrected chi connectivity index (χ2v) is 5.38. The Labute approximate surface area is 94.9 Å². The number of quaternary nitrogens is 1. The van der Waals surface area contributed by atoms with Gasteiger partial charge in [-0.05, 0) is 19.3 Å². The highest BCUT2D eigenvalue weighted by atomic mass is 16.3.